The van der Waals surface area contributed by atoms with Crippen LogP contribution in [0.15, 0.2) is 85.5 Å². The first-order valence-electron chi connectivity index (χ1n) is 11.9. The highest BCUT2D eigenvalue weighted by molar-refractivity contribution is 5.72. The quantitative estimate of drug-likeness (QED) is 0.122. The molecule has 0 bridgehead atoms. The lowest BCUT2D eigenvalue weighted by Crippen LogP contribution is -2.03. The van der Waals surface area contributed by atoms with Crippen LogP contribution in [-0.4, -0.2) is 6.61 Å². The van der Waals surface area contributed by atoms with Crippen molar-refractivity contribution >= 4 is 0 Å². The van der Waals surface area contributed by atoms with Gasteiger partial charge in [0.05, 0.1) is 6.61 Å². The lowest BCUT2D eigenvalue weighted by Gasteiger charge is -2.12. The Balaban J connectivity index is 1.44. The Kier molecular flexibility index (Phi) is 8.29. The van der Waals surface area contributed by atoms with Crippen LogP contribution in [0, 0.1) is 30.2 Å². The second kappa shape index (κ2) is 11.8. The first-order valence-corrected chi connectivity index (χ1v) is 11.9. The normalized spacial score (nSPS) is 10.8. The van der Waals surface area contributed by atoms with Gasteiger partial charge in [-0.05, 0) is 48.6 Å². The maximum Gasteiger partial charge on any atom is 0.204 e. The van der Waals surface area contributed by atoms with Gasteiger partial charge in [0.25, 0.3) is 0 Å². The molecule has 0 aliphatic carbocycles. The number of hydrogen-bond acceptors (Lipinski definition) is 2. The monoisotopic (exact) mass is 506 g/mol. The van der Waals surface area contributed by atoms with Crippen molar-refractivity contribution in [3.05, 3.63) is 120 Å². The van der Waals surface area contributed by atoms with Crippen LogP contribution in [-0.2, 0) is 6.61 Å². The minimum Gasteiger partial charge on any atom is -0.490 e. The molecule has 37 heavy (non-hydrogen) atoms. The van der Waals surface area contributed by atoms with Gasteiger partial charge in [-0.25, -0.2) is 8.78 Å². The lowest BCUT2D eigenvalue weighted by molar-refractivity contribution is 0.268. The van der Waals surface area contributed by atoms with Crippen molar-refractivity contribution in [2.75, 3.05) is 6.61 Å². The van der Waals surface area contributed by atoms with E-state index in [1.54, 1.807) is 48.5 Å². The van der Waals surface area contributed by atoms with Gasteiger partial charge < -0.3 is 9.47 Å². The highest BCUT2D eigenvalue weighted by Crippen LogP contribution is 2.32. The van der Waals surface area contributed by atoms with Crippen LogP contribution in [0.25, 0.3) is 22.3 Å². The largest absolute Gasteiger partial charge is 0.490 e. The number of halogens is 4. The molecule has 0 aliphatic heterocycles. The van der Waals surface area contributed by atoms with Crippen molar-refractivity contribution in [3.8, 4) is 33.8 Å². The summed E-state index contributed by atoms with van der Waals surface area (Å²) in [5.74, 6) is -4.53. The molecule has 0 spiro atoms. The first-order chi connectivity index (χ1) is 17.9. The Morgan fingerprint density at radius 2 is 1.16 bits per heavy atom. The van der Waals surface area contributed by atoms with Crippen molar-refractivity contribution in [1.82, 2.24) is 0 Å². The van der Waals surface area contributed by atoms with E-state index < -0.39 is 23.3 Å². The third-order valence-electron chi connectivity index (χ3n) is 5.93. The van der Waals surface area contributed by atoms with E-state index in [1.165, 1.54) is 18.2 Å². The maximum absolute atomic E-state index is 14.9. The number of rotatable bonds is 10. The summed E-state index contributed by atoms with van der Waals surface area (Å²) in [5, 5.41) is 0. The molecule has 2 nitrogen and oxygen atoms in total. The van der Waals surface area contributed by atoms with Crippen LogP contribution in [0.3, 0.4) is 0 Å². The smallest absolute Gasteiger partial charge is 0.204 e. The van der Waals surface area contributed by atoms with Gasteiger partial charge in [-0.2, -0.15) is 8.78 Å². The first kappa shape index (κ1) is 26.0. The third kappa shape index (κ3) is 6.02. The molecule has 0 radical (unpaired) electrons. The summed E-state index contributed by atoms with van der Waals surface area (Å²) in [5.41, 5.74) is 3.05. The molecule has 0 atom stereocenters. The van der Waals surface area contributed by atoms with Crippen LogP contribution in [0.2, 0.25) is 0 Å². The maximum atomic E-state index is 14.9. The Hall–Kier alpha value is -4.06. The molecule has 0 heterocycles. The minimum absolute atomic E-state index is 0.0423. The molecular weight excluding hydrogens is 480 g/mol. The summed E-state index contributed by atoms with van der Waals surface area (Å²) in [7, 11) is 0. The predicted octanol–water partition coefficient (Wildman–Crippen LogP) is 8.81. The summed E-state index contributed by atoms with van der Waals surface area (Å²) in [6, 6.07) is 19.5. The van der Waals surface area contributed by atoms with E-state index in [4.69, 9.17) is 9.47 Å². The Morgan fingerprint density at radius 3 is 1.70 bits per heavy atom. The van der Waals surface area contributed by atoms with E-state index in [2.05, 4.69) is 6.58 Å². The molecule has 0 aliphatic rings. The van der Waals surface area contributed by atoms with E-state index in [-0.39, 0.29) is 35.8 Å². The van der Waals surface area contributed by atoms with E-state index in [9.17, 15) is 17.6 Å². The van der Waals surface area contributed by atoms with Crippen molar-refractivity contribution in [3.63, 3.8) is 0 Å². The van der Waals surface area contributed by atoms with Crippen LogP contribution in [0.4, 0.5) is 17.6 Å². The number of allylic oxidation sites excluding steroid dienone is 1. The van der Waals surface area contributed by atoms with Gasteiger partial charge in [0.2, 0.25) is 11.6 Å². The zero-order valence-corrected chi connectivity index (χ0v) is 20.4. The number of unbranched alkanes of at least 4 members (excludes halogenated alkanes) is 1. The van der Waals surface area contributed by atoms with E-state index in [0.717, 1.165) is 5.56 Å². The molecule has 4 rings (SSSR count). The second-order valence-electron chi connectivity index (χ2n) is 8.61. The van der Waals surface area contributed by atoms with Crippen molar-refractivity contribution in [2.45, 2.75) is 26.4 Å². The molecule has 4 aromatic rings. The molecule has 4 aromatic carbocycles. The summed E-state index contributed by atoms with van der Waals surface area (Å²) in [4.78, 5) is 0. The van der Waals surface area contributed by atoms with Gasteiger partial charge >= 0.3 is 0 Å². The predicted molar refractivity (Wildman–Crippen MR) is 138 cm³/mol. The standard InChI is InChI=1S/C31H26F4O2/c1-3-4-5-18-36-26-16-17-27(31(35)30(26)34)37-19-21-8-12-23(13-9-21)25-15-14-24(28(32)29(25)33)22-10-6-20(2)7-11-22/h3,6-17H,1,4-5,18-19H2,2H3. The van der Waals surface area contributed by atoms with Crippen LogP contribution < -0.4 is 9.47 Å². The average molecular weight is 507 g/mol. The van der Waals surface area contributed by atoms with E-state index in [1.807, 2.05) is 19.1 Å². The molecule has 6 heteroatoms. The van der Waals surface area contributed by atoms with Crippen LogP contribution in [0.1, 0.15) is 24.0 Å². The Morgan fingerprint density at radius 1 is 0.649 bits per heavy atom. The van der Waals surface area contributed by atoms with Gasteiger partial charge in [0.15, 0.2) is 23.1 Å². The highest BCUT2D eigenvalue weighted by Gasteiger charge is 2.17. The summed E-state index contributed by atoms with van der Waals surface area (Å²) in [6.07, 6.45) is 3.08. The van der Waals surface area contributed by atoms with Crippen molar-refractivity contribution in [2.24, 2.45) is 0 Å². The van der Waals surface area contributed by atoms with Gasteiger partial charge in [0, 0.05) is 11.1 Å². The Bertz CT molecular complexity index is 1380. The molecule has 0 N–H and O–H groups in total. The summed E-state index contributed by atoms with van der Waals surface area (Å²) in [6.45, 7) is 5.72. The second-order valence-corrected chi connectivity index (χ2v) is 8.61. The molecule has 0 saturated heterocycles. The highest BCUT2D eigenvalue weighted by atomic mass is 19.2. The summed E-state index contributed by atoms with van der Waals surface area (Å²) >= 11 is 0. The number of hydrogen-bond donors (Lipinski definition) is 0. The van der Waals surface area contributed by atoms with Gasteiger partial charge in [0.1, 0.15) is 6.61 Å². The van der Waals surface area contributed by atoms with Gasteiger partial charge in [-0.1, -0.05) is 72.3 Å². The van der Waals surface area contributed by atoms with Gasteiger partial charge in [-0.15, -0.1) is 6.58 Å². The number of benzene rings is 4. The minimum atomic E-state index is -1.14. The van der Waals surface area contributed by atoms with Crippen molar-refractivity contribution in [1.29, 1.82) is 0 Å². The van der Waals surface area contributed by atoms with E-state index >= 15 is 0 Å². The van der Waals surface area contributed by atoms with Crippen LogP contribution in [0.5, 0.6) is 11.5 Å². The van der Waals surface area contributed by atoms with E-state index in [0.29, 0.717) is 29.5 Å². The van der Waals surface area contributed by atoms with Gasteiger partial charge in [-0.3, -0.25) is 0 Å². The lowest BCUT2D eigenvalue weighted by atomic mass is 9.98. The summed E-state index contributed by atoms with van der Waals surface area (Å²) < 4.78 is 69.2. The number of ether oxygens (including phenoxy) is 2. The topological polar surface area (TPSA) is 18.5 Å². The SMILES string of the molecule is C=CCCCOc1ccc(OCc2ccc(-c3ccc(-c4ccc(C)cc4)c(F)c3F)cc2)c(F)c1F. The average Bonchev–Trinajstić information content (AvgIpc) is 2.91. The molecule has 0 fully saturated rings. The number of aryl methyl sites for hydroxylation is 1. The zero-order valence-electron chi connectivity index (χ0n) is 20.4. The molecular formula is C31H26F4O2. The Labute approximate surface area is 213 Å². The fourth-order valence-electron chi connectivity index (χ4n) is 3.82. The molecule has 190 valence electrons. The molecule has 0 aromatic heterocycles. The zero-order chi connectivity index (χ0) is 26.4. The van der Waals surface area contributed by atoms with Crippen LogP contribution >= 0.6 is 0 Å². The fraction of sp³-hybridized carbons (Fsp3) is 0.161. The molecule has 0 amide bonds. The molecule has 0 saturated carbocycles. The fourth-order valence-corrected chi connectivity index (χ4v) is 3.82. The third-order valence-corrected chi connectivity index (χ3v) is 5.93. The van der Waals surface area contributed by atoms with Crippen molar-refractivity contribution < 1.29 is 27.0 Å². The molecule has 0 unspecified atom stereocenters.